The lowest BCUT2D eigenvalue weighted by Gasteiger charge is -2.02. The molecule has 6 heteroatoms. The van der Waals surface area contributed by atoms with Crippen molar-refractivity contribution >= 4 is 27.6 Å². The third-order valence-corrected chi connectivity index (χ3v) is 4.38. The zero-order valence-corrected chi connectivity index (χ0v) is 12.2. The average molecular weight is 302 g/mol. The zero-order valence-electron chi connectivity index (χ0n) is 11.4. The van der Waals surface area contributed by atoms with Gasteiger partial charge in [-0.05, 0) is 36.4 Å². The molecule has 1 unspecified atom stereocenters. The Morgan fingerprint density at radius 1 is 1.24 bits per heavy atom. The van der Waals surface area contributed by atoms with Crippen LogP contribution in [0.15, 0.2) is 51.8 Å². The van der Waals surface area contributed by atoms with Gasteiger partial charge in [-0.1, -0.05) is 6.07 Å². The average Bonchev–Trinajstić information content (AvgIpc) is 2.91. The zero-order chi connectivity index (χ0) is 14.8. The van der Waals surface area contributed by atoms with E-state index in [4.69, 9.17) is 14.9 Å². The maximum Gasteiger partial charge on any atom is 0.208 e. The fraction of sp³-hybridized carbons (Fsp3) is 0.133. The van der Waals surface area contributed by atoms with Crippen molar-refractivity contribution in [3.8, 4) is 5.75 Å². The highest BCUT2D eigenvalue weighted by Crippen LogP contribution is 2.23. The molecule has 0 bridgehead atoms. The number of benzene rings is 2. The van der Waals surface area contributed by atoms with Crippen LogP contribution in [0.3, 0.4) is 0 Å². The largest absolute Gasteiger partial charge is 0.497 e. The van der Waals surface area contributed by atoms with Crippen molar-refractivity contribution in [1.82, 2.24) is 4.98 Å². The predicted octanol–water partition coefficient (Wildman–Crippen LogP) is 2.73. The van der Waals surface area contributed by atoms with Gasteiger partial charge in [0.25, 0.3) is 0 Å². The number of hydrogen-bond acceptors (Lipinski definition) is 5. The molecular weight excluding hydrogens is 288 g/mol. The highest BCUT2D eigenvalue weighted by molar-refractivity contribution is 7.84. The van der Waals surface area contributed by atoms with Gasteiger partial charge >= 0.3 is 0 Å². The van der Waals surface area contributed by atoms with Crippen molar-refractivity contribution < 1.29 is 13.4 Å². The molecule has 1 aromatic heterocycles. The number of fused-ring (bicyclic) bond motifs is 1. The van der Waals surface area contributed by atoms with Crippen molar-refractivity contribution in [3.05, 3.63) is 48.4 Å². The highest BCUT2D eigenvalue weighted by Gasteiger charge is 2.12. The normalized spacial score (nSPS) is 12.4. The van der Waals surface area contributed by atoms with Gasteiger partial charge in [-0.2, -0.15) is 0 Å². The summed E-state index contributed by atoms with van der Waals surface area (Å²) in [5.41, 5.74) is 7.60. The van der Waals surface area contributed by atoms with E-state index >= 15 is 0 Å². The first kappa shape index (κ1) is 13.6. The van der Waals surface area contributed by atoms with Crippen LogP contribution < -0.4 is 10.5 Å². The molecule has 3 aromatic rings. The maximum absolute atomic E-state index is 12.3. The number of aromatic nitrogens is 1. The Labute approximate surface area is 124 Å². The summed E-state index contributed by atoms with van der Waals surface area (Å²) in [5.74, 6) is 1.35. The number of para-hydroxylation sites is 1. The second kappa shape index (κ2) is 5.57. The van der Waals surface area contributed by atoms with Gasteiger partial charge in [0.2, 0.25) is 5.89 Å². The van der Waals surface area contributed by atoms with Crippen LogP contribution in [0.5, 0.6) is 5.75 Å². The molecule has 0 saturated heterocycles. The van der Waals surface area contributed by atoms with E-state index in [1.54, 1.807) is 49.6 Å². The van der Waals surface area contributed by atoms with Crippen LogP contribution >= 0.6 is 0 Å². The van der Waals surface area contributed by atoms with Gasteiger partial charge in [0, 0.05) is 4.90 Å². The molecule has 3 rings (SSSR count). The second-order valence-corrected chi connectivity index (χ2v) is 5.92. The number of rotatable bonds is 4. The third-order valence-electron chi connectivity index (χ3n) is 3.07. The van der Waals surface area contributed by atoms with Gasteiger partial charge in [0.15, 0.2) is 5.58 Å². The predicted molar refractivity (Wildman–Crippen MR) is 81.5 cm³/mol. The Hall–Kier alpha value is -2.34. The van der Waals surface area contributed by atoms with Gasteiger partial charge in [-0.3, -0.25) is 4.21 Å². The number of nitrogens with two attached hydrogens (primary N) is 1. The summed E-state index contributed by atoms with van der Waals surface area (Å²) in [6.07, 6.45) is 0. The molecule has 0 saturated carbocycles. The minimum Gasteiger partial charge on any atom is -0.497 e. The summed E-state index contributed by atoms with van der Waals surface area (Å²) in [7, 11) is 0.361. The summed E-state index contributed by atoms with van der Waals surface area (Å²) in [5, 5.41) is 0. The van der Waals surface area contributed by atoms with Crippen LogP contribution in [0.2, 0.25) is 0 Å². The van der Waals surface area contributed by atoms with Gasteiger partial charge < -0.3 is 14.9 Å². The van der Waals surface area contributed by atoms with Crippen LogP contribution in [-0.4, -0.2) is 16.3 Å². The number of methoxy groups -OCH3 is 1. The van der Waals surface area contributed by atoms with E-state index in [-0.39, 0.29) is 5.75 Å². The summed E-state index contributed by atoms with van der Waals surface area (Å²) >= 11 is 0. The molecule has 1 atom stereocenters. The SMILES string of the molecule is COc1ccc(S(=O)Cc2nc3c(N)cccc3o2)cc1. The molecule has 0 spiro atoms. The molecule has 1 heterocycles. The smallest absolute Gasteiger partial charge is 0.208 e. The molecule has 108 valence electrons. The fourth-order valence-electron chi connectivity index (χ4n) is 2.00. The number of ether oxygens (including phenoxy) is 1. The molecular formula is C15H14N2O3S. The molecule has 0 amide bonds. The number of nitrogen functional groups attached to an aromatic ring is 1. The van der Waals surface area contributed by atoms with E-state index in [0.717, 1.165) is 5.75 Å². The van der Waals surface area contributed by atoms with Gasteiger partial charge in [0.05, 0.1) is 23.6 Å². The third kappa shape index (κ3) is 2.75. The van der Waals surface area contributed by atoms with Crippen molar-refractivity contribution in [2.24, 2.45) is 0 Å². The van der Waals surface area contributed by atoms with Gasteiger partial charge in [-0.25, -0.2) is 4.98 Å². The molecule has 0 aliphatic heterocycles. The Balaban J connectivity index is 1.83. The maximum atomic E-state index is 12.3. The lowest BCUT2D eigenvalue weighted by Crippen LogP contribution is -1.97. The molecule has 0 aliphatic rings. The topological polar surface area (TPSA) is 78.3 Å². The van der Waals surface area contributed by atoms with Crippen molar-refractivity contribution in [2.45, 2.75) is 10.6 Å². The van der Waals surface area contributed by atoms with Crippen LogP contribution in [0, 0.1) is 0 Å². The van der Waals surface area contributed by atoms with Gasteiger partial charge in [-0.15, -0.1) is 0 Å². The molecule has 21 heavy (non-hydrogen) atoms. The molecule has 2 aromatic carbocycles. The first-order chi connectivity index (χ1) is 10.2. The second-order valence-electron chi connectivity index (χ2n) is 4.47. The van der Waals surface area contributed by atoms with Crippen LogP contribution in [0.25, 0.3) is 11.1 Å². The van der Waals surface area contributed by atoms with Gasteiger partial charge in [0.1, 0.15) is 17.0 Å². The molecule has 0 aliphatic carbocycles. The van der Waals surface area contributed by atoms with E-state index in [9.17, 15) is 4.21 Å². The molecule has 0 radical (unpaired) electrons. The summed E-state index contributed by atoms with van der Waals surface area (Å²) in [4.78, 5) is 5.00. The van der Waals surface area contributed by atoms with E-state index in [1.165, 1.54) is 0 Å². The van der Waals surface area contributed by atoms with Crippen LogP contribution in [-0.2, 0) is 16.6 Å². The molecule has 2 N–H and O–H groups in total. The van der Waals surface area contributed by atoms with E-state index in [1.807, 2.05) is 0 Å². The summed E-state index contributed by atoms with van der Waals surface area (Å²) in [6.45, 7) is 0. The quantitative estimate of drug-likeness (QED) is 0.750. The first-order valence-corrected chi connectivity index (χ1v) is 7.65. The summed E-state index contributed by atoms with van der Waals surface area (Å²) in [6, 6.07) is 12.4. The first-order valence-electron chi connectivity index (χ1n) is 6.33. The minimum absolute atomic E-state index is 0.209. The Morgan fingerprint density at radius 3 is 2.67 bits per heavy atom. The Bertz CT molecular complexity index is 796. The van der Waals surface area contributed by atoms with E-state index in [0.29, 0.717) is 27.6 Å². The van der Waals surface area contributed by atoms with Crippen LogP contribution in [0.4, 0.5) is 5.69 Å². The highest BCUT2D eigenvalue weighted by atomic mass is 32.2. The van der Waals surface area contributed by atoms with E-state index in [2.05, 4.69) is 4.98 Å². The number of anilines is 1. The monoisotopic (exact) mass is 302 g/mol. The number of hydrogen-bond donors (Lipinski definition) is 1. The number of nitrogens with zero attached hydrogens (tertiary/aromatic N) is 1. The minimum atomic E-state index is -1.23. The van der Waals surface area contributed by atoms with Crippen molar-refractivity contribution in [3.63, 3.8) is 0 Å². The number of oxazole rings is 1. The molecule has 5 nitrogen and oxygen atoms in total. The van der Waals surface area contributed by atoms with Crippen LogP contribution in [0.1, 0.15) is 5.89 Å². The lowest BCUT2D eigenvalue weighted by molar-refractivity contribution is 0.414. The van der Waals surface area contributed by atoms with Crippen molar-refractivity contribution in [1.29, 1.82) is 0 Å². The van der Waals surface area contributed by atoms with E-state index < -0.39 is 10.8 Å². The molecule has 0 fully saturated rings. The fourth-order valence-corrected chi connectivity index (χ4v) is 2.95. The lowest BCUT2D eigenvalue weighted by atomic mass is 10.3. The Morgan fingerprint density at radius 2 is 2.00 bits per heavy atom. The standard InChI is InChI=1S/C15H14N2O3S/c1-19-10-5-7-11(8-6-10)21(18)9-14-17-15-12(16)3-2-4-13(15)20-14/h2-8H,9,16H2,1H3. The van der Waals surface area contributed by atoms with Crippen molar-refractivity contribution in [2.75, 3.05) is 12.8 Å². The summed E-state index contributed by atoms with van der Waals surface area (Å²) < 4.78 is 23.0. The Kier molecular flexibility index (Phi) is 3.62.